The predicted octanol–water partition coefficient (Wildman–Crippen LogP) is 2.18. The van der Waals surface area contributed by atoms with Crippen LogP contribution in [0, 0.1) is 3.57 Å². The largest absolute Gasteiger partial charge is 0.376 e. The van der Waals surface area contributed by atoms with Gasteiger partial charge in [-0.05, 0) is 54.1 Å². The van der Waals surface area contributed by atoms with E-state index in [-0.39, 0.29) is 24.1 Å². The molecule has 2 rings (SSSR count). The summed E-state index contributed by atoms with van der Waals surface area (Å²) in [4.78, 5) is 12.1. The molecule has 0 aliphatic heterocycles. The van der Waals surface area contributed by atoms with E-state index >= 15 is 0 Å². The van der Waals surface area contributed by atoms with Crippen LogP contribution in [-0.4, -0.2) is 30.7 Å². The maximum absolute atomic E-state index is 12.1. The van der Waals surface area contributed by atoms with Gasteiger partial charge in [-0.3, -0.25) is 4.79 Å². The van der Waals surface area contributed by atoms with Crippen LogP contribution in [0.4, 0.5) is 0 Å². The molecule has 0 spiro atoms. The Hall–Kier alpha value is -0.370. The molecule has 104 valence electrons. The number of nitrogens with two attached hydrogens (primary N) is 1. The highest BCUT2D eigenvalue weighted by molar-refractivity contribution is 14.1. The normalized spacial score (nSPS) is 25.8. The van der Waals surface area contributed by atoms with Crippen LogP contribution in [0.2, 0.25) is 5.02 Å². The summed E-state index contributed by atoms with van der Waals surface area (Å²) in [6.45, 7) is 2.56. The lowest BCUT2D eigenvalue weighted by Gasteiger charge is -2.42. The van der Waals surface area contributed by atoms with Gasteiger partial charge in [-0.15, -0.1) is 0 Å². The Balaban J connectivity index is 2.02. The number of amides is 1. The molecule has 3 N–H and O–H groups in total. The minimum atomic E-state index is -0.164. The van der Waals surface area contributed by atoms with E-state index in [4.69, 9.17) is 22.1 Å². The van der Waals surface area contributed by atoms with Gasteiger partial charge in [0.25, 0.3) is 5.91 Å². The third-order valence-electron chi connectivity index (χ3n) is 3.23. The van der Waals surface area contributed by atoms with E-state index < -0.39 is 0 Å². The van der Waals surface area contributed by atoms with Crippen LogP contribution in [-0.2, 0) is 4.74 Å². The van der Waals surface area contributed by atoms with Crippen molar-refractivity contribution in [3.8, 4) is 0 Å². The van der Waals surface area contributed by atoms with Crippen LogP contribution in [0.5, 0.6) is 0 Å². The second-order valence-electron chi connectivity index (χ2n) is 4.52. The van der Waals surface area contributed by atoms with Gasteiger partial charge < -0.3 is 15.8 Å². The Morgan fingerprint density at radius 2 is 2.37 bits per heavy atom. The minimum Gasteiger partial charge on any atom is -0.376 e. The van der Waals surface area contributed by atoms with E-state index in [1.165, 1.54) is 0 Å². The first-order valence-corrected chi connectivity index (χ1v) is 7.61. The number of carbonyl (C=O) groups is 1. The Bertz CT molecular complexity index is 482. The number of hydrogen-bond acceptors (Lipinski definition) is 3. The fourth-order valence-electron chi connectivity index (χ4n) is 2.10. The van der Waals surface area contributed by atoms with Gasteiger partial charge >= 0.3 is 0 Å². The molecule has 3 unspecified atom stereocenters. The lowest BCUT2D eigenvalue weighted by molar-refractivity contribution is -0.0300. The molecule has 1 saturated carbocycles. The number of nitrogens with one attached hydrogen (secondary N) is 1. The van der Waals surface area contributed by atoms with Gasteiger partial charge in [0.15, 0.2) is 0 Å². The van der Waals surface area contributed by atoms with Crippen LogP contribution >= 0.6 is 34.2 Å². The summed E-state index contributed by atoms with van der Waals surface area (Å²) in [7, 11) is 0. The van der Waals surface area contributed by atoms with Crippen molar-refractivity contribution in [2.75, 3.05) is 6.61 Å². The van der Waals surface area contributed by atoms with E-state index in [0.717, 1.165) is 9.99 Å². The molecule has 19 heavy (non-hydrogen) atoms. The molecule has 0 aromatic heterocycles. The van der Waals surface area contributed by atoms with Crippen LogP contribution in [0.15, 0.2) is 18.2 Å². The molecule has 1 aliphatic carbocycles. The molecule has 1 aromatic rings. The highest BCUT2D eigenvalue weighted by Crippen LogP contribution is 2.24. The fourth-order valence-corrected chi connectivity index (χ4v) is 2.62. The molecular formula is C13H16ClIN2O2. The SMILES string of the molecule is CCOC1CC(N)C1NC(=O)c1ccc(I)c(Cl)c1. The van der Waals surface area contributed by atoms with Crippen LogP contribution < -0.4 is 11.1 Å². The van der Waals surface area contributed by atoms with Crippen molar-refractivity contribution >= 4 is 40.1 Å². The van der Waals surface area contributed by atoms with Crippen LogP contribution in [0.1, 0.15) is 23.7 Å². The second-order valence-corrected chi connectivity index (χ2v) is 6.09. The Labute approximate surface area is 131 Å². The highest BCUT2D eigenvalue weighted by Gasteiger charge is 2.40. The average Bonchev–Trinajstić information content (AvgIpc) is 2.38. The molecule has 4 nitrogen and oxygen atoms in total. The third-order valence-corrected chi connectivity index (χ3v) is 4.80. The van der Waals surface area contributed by atoms with Crippen molar-refractivity contribution in [3.05, 3.63) is 32.4 Å². The second kappa shape index (κ2) is 6.39. The molecule has 1 fully saturated rings. The predicted molar refractivity (Wildman–Crippen MR) is 83.4 cm³/mol. The molecule has 6 heteroatoms. The van der Waals surface area contributed by atoms with Gasteiger partial charge in [-0.25, -0.2) is 0 Å². The van der Waals surface area contributed by atoms with Gasteiger partial charge in [-0.2, -0.15) is 0 Å². The number of ether oxygens (including phenoxy) is 1. The monoisotopic (exact) mass is 394 g/mol. The van der Waals surface area contributed by atoms with Gasteiger partial charge in [0, 0.05) is 21.8 Å². The van der Waals surface area contributed by atoms with E-state index in [1.807, 2.05) is 13.0 Å². The maximum Gasteiger partial charge on any atom is 0.251 e. The molecule has 1 aliphatic rings. The lowest BCUT2D eigenvalue weighted by atomic mass is 9.83. The lowest BCUT2D eigenvalue weighted by Crippen LogP contribution is -2.64. The zero-order valence-corrected chi connectivity index (χ0v) is 13.4. The van der Waals surface area contributed by atoms with E-state index in [2.05, 4.69) is 27.9 Å². The quantitative estimate of drug-likeness (QED) is 0.770. The molecule has 3 atom stereocenters. The van der Waals surface area contributed by atoms with Crippen LogP contribution in [0.25, 0.3) is 0 Å². The van der Waals surface area contributed by atoms with E-state index in [9.17, 15) is 4.79 Å². The number of benzene rings is 1. The Morgan fingerprint density at radius 1 is 1.63 bits per heavy atom. The summed E-state index contributed by atoms with van der Waals surface area (Å²) in [5, 5.41) is 3.49. The van der Waals surface area contributed by atoms with Crippen molar-refractivity contribution < 1.29 is 9.53 Å². The van der Waals surface area contributed by atoms with Gasteiger partial charge in [0.05, 0.1) is 17.2 Å². The summed E-state index contributed by atoms with van der Waals surface area (Å²) in [6.07, 6.45) is 0.801. The fraction of sp³-hybridized carbons (Fsp3) is 0.462. The van der Waals surface area contributed by atoms with E-state index in [0.29, 0.717) is 17.2 Å². The molecule has 0 bridgehead atoms. The molecule has 1 amide bonds. The van der Waals surface area contributed by atoms with Crippen molar-refractivity contribution in [1.29, 1.82) is 0 Å². The topological polar surface area (TPSA) is 64.3 Å². The van der Waals surface area contributed by atoms with Gasteiger partial charge in [0.2, 0.25) is 0 Å². The zero-order valence-electron chi connectivity index (χ0n) is 10.5. The van der Waals surface area contributed by atoms with Crippen molar-refractivity contribution in [1.82, 2.24) is 5.32 Å². The average molecular weight is 395 g/mol. The number of rotatable bonds is 4. The maximum atomic E-state index is 12.1. The first-order chi connectivity index (χ1) is 9.02. The highest BCUT2D eigenvalue weighted by atomic mass is 127. The summed E-state index contributed by atoms with van der Waals surface area (Å²) in [5.74, 6) is -0.164. The summed E-state index contributed by atoms with van der Waals surface area (Å²) in [6, 6.07) is 5.07. The number of carbonyl (C=O) groups excluding carboxylic acids is 1. The molecule has 0 saturated heterocycles. The molecule has 1 aromatic carbocycles. The Kier molecular flexibility index (Phi) is 5.05. The van der Waals surface area contributed by atoms with Crippen molar-refractivity contribution in [2.45, 2.75) is 31.5 Å². The van der Waals surface area contributed by atoms with E-state index in [1.54, 1.807) is 12.1 Å². The number of hydrogen-bond donors (Lipinski definition) is 2. The summed E-state index contributed by atoms with van der Waals surface area (Å²) >= 11 is 8.13. The third kappa shape index (κ3) is 3.39. The first kappa shape index (κ1) is 15.0. The minimum absolute atomic E-state index is 0.0169. The summed E-state index contributed by atoms with van der Waals surface area (Å²) < 4.78 is 6.44. The van der Waals surface area contributed by atoms with Crippen molar-refractivity contribution in [3.63, 3.8) is 0 Å². The van der Waals surface area contributed by atoms with Gasteiger partial charge in [0.1, 0.15) is 0 Å². The van der Waals surface area contributed by atoms with Crippen molar-refractivity contribution in [2.24, 2.45) is 5.73 Å². The molecular weight excluding hydrogens is 379 g/mol. The molecule has 0 radical (unpaired) electrons. The standard InChI is InChI=1S/C13H16ClIN2O2/c1-2-19-11-6-10(16)12(11)17-13(18)7-3-4-9(15)8(14)5-7/h3-5,10-12H,2,6,16H2,1H3,(H,17,18). The Morgan fingerprint density at radius 3 is 2.95 bits per heavy atom. The summed E-state index contributed by atoms with van der Waals surface area (Å²) in [5.41, 5.74) is 6.44. The van der Waals surface area contributed by atoms with Crippen LogP contribution in [0.3, 0.4) is 0 Å². The first-order valence-electron chi connectivity index (χ1n) is 6.16. The smallest absolute Gasteiger partial charge is 0.251 e. The molecule has 0 heterocycles. The van der Waals surface area contributed by atoms with Gasteiger partial charge in [-0.1, -0.05) is 11.6 Å². The number of halogens is 2. The zero-order chi connectivity index (χ0) is 14.0.